The molecule has 118 valence electrons. The smallest absolute Gasteiger partial charge is 0.240 e. The Labute approximate surface area is 126 Å². The van der Waals surface area contributed by atoms with Crippen molar-refractivity contribution in [1.29, 1.82) is 0 Å². The van der Waals surface area contributed by atoms with Gasteiger partial charge in [0, 0.05) is 19.6 Å². The highest BCUT2D eigenvalue weighted by Crippen LogP contribution is 2.38. The van der Waals surface area contributed by atoms with Crippen molar-refractivity contribution in [2.24, 2.45) is 5.92 Å². The molecular formula is C15H26N4O2. The summed E-state index contributed by atoms with van der Waals surface area (Å²) in [4.78, 5) is 6.94. The number of hydrogen-bond acceptors (Lipinski definition) is 6. The van der Waals surface area contributed by atoms with Crippen LogP contribution in [0.2, 0.25) is 0 Å². The maximum Gasteiger partial charge on any atom is 0.240 e. The molecule has 0 amide bonds. The van der Waals surface area contributed by atoms with Gasteiger partial charge in [0.25, 0.3) is 0 Å². The first-order chi connectivity index (χ1) is 10.3. The topological polar surface area (TPSA) is 63.4 Å². The van der Waals surface area contributed by atoms with Gasteiger partial charge in [-0.15, -0.1) is 0 Å². The monoisotopic (exact) mass is 294 g/mol. The van der Waals surface area contributed by atoms with Crippen LogP contribution in [0.3, 0.4) is 0 Å². The summed E-state index contributed by atoms with van der Waals surface area (Å²) in [6, 6.07) is 0. The molecule has 2 fully saturated rings. The van der Waals surface area contributed by atoms with Crippen LogP contribution >= 0.6 is 0 Å². The van der Waals surface area contributed by atoms with Crippen LogP contribution in [0.4, 0.5) is 0 Å². The van der Waals surface area contributed by atoms with E-state index in [4.69, 9.17) is 9.26 Å². The average Bonchev–Trinajstić information content (AvgIpc) is 3.26. The van der Waals surface area contributed by atoms with Gasteiger partial charge >= 0.3 is 0 Å². The Kier molecular flexibility index (Phi) is 5.22. The molecular weight excluding hydrogens is 268 g/mol. The summed E-state index contributed by atoms with van der Waals surface area (Å²) >= 11 is 0. The van der Waals surface area contributed by atoms with Gasteiger partial charge < -0.3 is 14.6 Å². The minimum absolute atomic E-state index is 0.575. The van der Waals surface area contributed by atoms with Gasteiger partial charge in [0.05, 0.1) is 13.2 Å². The van der Waals surface area contributed by atoms with Crippen LogP contribution in [0, 0.1) is 5.92 Å². The SMILES string of the molecule is COCCNCC1CCN(Cc2nc(C3CC3)no2)CC1. The van der Waals surface area contributed by atoms with Crippen molar-refractivity contribution in [3.05, 3.63) is 11.7 Å². The molecule has 2 heterocycles. The summed E-state index contributed by atoms with van der Waals surface area (Å²) in [5.74, 6) is 3.06. The lowest BCUT2D eigenvalue weighted by Crippen LogP contribution is -2.37. The fraction of sp³-hybridized carbons (Fsp3) is 0.867. The highest BCUT2D eigenvalue weighted by atomic mass is 16.5. The van der Waals surface area contributed by atoms with Gasteiger partial charge in [0.2, 0.25) is 5.89 Å². The maximum atomic E-state index is 5.36. The molecule has 2 aliphatic rings. The molecule has 0 radical (unpaired) electrons. The lowest BCUT2D eigenvalue weighted by atomic mass is 9.97. The second kappa shape index (κ2) is 7.33. The van der Waals surface area contributed by atoms with Crippen LogP contribution in [0.5, 0.6) is 0 Å². The second-order valence-electron chi connectivity index (χ2n) is 6.24. The molecule has 1 saturated carbocycles. The van der Waals surface area contributed by atoms with E-state index in [1.165, 1.54) is 25.7 Å². The quantitative estimate of drug-likeness (QED) is 0.731. The van der Waals surface area contributed by atoms with Crippen molar-refractivity contribution in [3.63, 3.8) is 0 Å². The first-order valence-corrected chi connectivity index (χ1v) is 8.09. The zero-order valence-electron chi connectivity index (χ0n) is 12.9. The molecule has 0 spiro atoms. The van der Waals surface area contributed by atoms with Crippen LogP contribution in [0.15, 0.2) is 4.52 Å². The number of piperidine rings is 1. The Bertz CT molecular complexity index is 425. The molecule has 1 saturated heterocycles. The van der Waals surface area contributed by atoms with E-state index in [1.54, 1.807) is 7.11 Å². The minimum atomic E-state index is 0.575. The van der Waals surface area contributed by atoms with Gasteiger partial charge in [-0.2, -0.15) is 4.98 Å². The summed E-state index contributed by atoms with van der Waals surface area (Å²) < 4.78 is 10.4. The molecule has 1 aromatic rings. The van der Waals surface area contributed by atoms with Crippen LogP contribution in [-0.4, -0.2) is 54.9 Å². The van der Waals surface area contributed by atoms with Crippen molar-refractivity contribution < 1.29 is 9.26 Å². The Morgan fingerprint density at radius 1 is 1.29 bits per heavy atom. The van der Waals surface area contributed by atoms with Gasteiger partial charge in [-0.25, -0.2) is 0 Å². The summed E-state index contributed by atoms with van der Waals surface area (Å²) in [5, 5.41) is 7.54. The molecule has 6 nitrogen and oxygen atoms in total. The van der Waals surface area contributed by atoms with Crippen LogP contribution in [-0.2, 0) is 11.3 Å². The van der Waals surface area contributed by atoms with Gasteiger partial charge in [-0.3, -0.25) is 4.90 Å². The van der Waals surface area contributed by atoms with E-state index in [-0.39, 0.29) is 0 Å². The molecule has 1 aliphatic carbocycles. The number of methoxy groups -OCH3 is 1. The Morgan fingerprint density at radius 3 is 2.81 bits per heavy atom. The molecule has 6 heteroatoms. The highest BCUT2D eigenvalue weighted by Gasteiger charge is 2.29. The predicted molar refractivity (Wildman–Crippen MR) is 79.0 cm³/mol. The molecule has 0 atom stereocenters. The highest BCUT2D eigenvalue weighted by molar-refractivity contribution is 5.03. The normalized spacial score (nSPS) is 21.0. The molecule has 1 aliphatic heterocycles. The number of rotatable bonds is 8. The fourth-order valence-corrected chi connectivity index (χ4v) is 2.86. The fourth-order valence-electron chi connectivity index (χ4n) is 2.86. The Balaban J connectivity index is 1.35. The van der Waals surface area contributed by atoms with Gasteiger partial charge in [0.1, 0.15) is 0 Å². The maximum absolute atomic E-state index is 5.36. The molecule has 21 heavy (non-hydrogen) atoms. The molecule has 1 N–H and O–H groups in total. The number of nitrogens with zero attached hydrogens (tertiary/aromatic N) is 3. The third-order valence-electron chi connectivity index (χ3n) is 4.41. The third kappa shape index (κ3) is 4.49. The molecule has 0 bridgehead atoms. The number of ether oxygens (including phenoxy) is 1. The van der Waals surface area contributed by atoms with Crippen LogP contribution < -0.4 is 5.32 Å². The Hall–Kier alpha value is -0.980. The van der Waals surface area contributed by atoms with Gasteiger partial charge in [-0.05, 0) is 51.2 Å². The Morgan fingerprint density at radius 2 is 2.10 bits per heavy atom. The summed E-state index contributed by atoms with van der Waals surface area (Å²) in [6.45, 7) is 5.89. The number of likely N-dealkylation sites (tertiary alicyclic amines) is 1. The van der Waals surface area contributed by atoms with E-state index in [0.29, 0.717) is 5.92 Å². The first kappa shape index (κ1) is 14.9. The summed E-state index contributed by atoms with van der Waals surface area (Å²) in [6.07, 6.45) is 4.92. The van der Waals surface area contributed by atoms with Crippen LogP contribution in [0.1, 0.15) is 43.3 Å². The molecule has 0 unspecified atom stereocenters. The largest absolute Gasteiger partial charge is 0.383 e. The van der Waals surface area contributed by atoms with E-state index in [2.05, 4.69) is 20.4 Å². The van der Waals surface area contributed by atoms with Crippen molar-refractivity contribution >= 4 is 0 Å². The minimum Gasteiger partial charge on any atom is -0.383 e. The average molecular weight is 294 g/mol. The summed E-state index contributed by atoms with van der Waals surface area (Å²) in [7, 11) is 1.74. The standard InChI is InChI=1S/C15H26N4O2/c1-20-9-6-16-10-12-4-7-19(8-5-12)11-14-17-15(18-21-14)13-2-3-13/h12-13,16H,2-11H2,1H3. The van der Waals surface area contributed by atoms with Crippen molar-refractivity contribution in [1.82, 2.24) is 20.4 Å². The number of hydrogen-bond donors (Lipinski definition) is 1. The molecule has 3 rings (SSSR count). The lowest BCUT2D eigenvalue weighted by Gasteiger charge is -2.31. The van der Waals surface area contributed by atoms with Crippen LogP contribution in [0.25, 0.3) is 0 Å². The van der Waals surface area contributed by atoms with Crippen molar-refractivity contribution in [3.8, 4) is 0 Å². The van der Waals surface area contributed by atoms with E-state index in [9.17, 15) is 0 Å². The van der Waals surface area contributed by atoms with Gasteiger partial charge in [0.15, 0.2) is 5.82 Å². The van der Waals surface area contributed by atoms with Gasteiger partial charge in [-0.1, -0.05) is 5.16 Å². The molecule has 0 aromatic carbocycles. The van der Waals surface area contributed by atoms with Crippen molar-refractivity contribution in [2.45, 2.75) is 38.1 Å². The lowest BCUT2D eigenvalue weighted by molar-refractivity contribution is 0.154. The number of nitrogens with one attached hydrogen (secondary N) is 1. The van der Waals surface area contributed by atoms with Crippen molar-refractivity contribution in [2.75, 3.05) is 39.9 Å². The number of aromatic nitrogens is 2. The molecule has 1 aromatic heterocycles. The zero-order chi connectivity index (χ0) is 14.5. The van der Waals surface area contributed by atoms with E-state index in [1.807, 2.05) is 0 Å². The summed E-state index contributed by atoms with van der Waals surface area (Å²) in [5.41, 5.74) is 0. The third-order valence-corrected chi connectivity index (χ3v) is 4.41. The zero-order valence-corrected chi connectivity index (χ0v) is 12.9. The predicted octanol–water partition coefficient (Wildman–Crippen LogP) is 1.39. The van der Waals surface area contributed by atoms with E-state index < -0.39 is 0 Å². The van der Waals surface area contributed by atoms with E-state index >= 15 is 0 Å². The second-order valence-corrected chi connectivity index (χ2v) is 6.24. The van der Waals surface area contributed by atoms with E-state index in [0.717, 1.165) is 57.0 Å². The first-order valence-electron chi connectivity index (χ1n) is 8.09.